The van der Waals surface area contributed by atoms with Gasteiger partial charge in [-0.1, -0.05) is 30.3 Å². The van der Waals surface area contributed by atoms with Gasteiger partial charge in [0.05, 0.1) is 9.40 Å². The highest BCUT2D eigenvalue weighted by atomic mass is 79.9. The lowest BCUT2D eigenvalue weighted by Gasteiger charge is -2.09. The maximum absolute atomic E-state index is 10.6. The van der Waals surface area contributed by atoms with Crippen LogP contribution in [0.5, 0.6) is 11.6 Å². The first-order valence-corrected chi connectivity index (χ1v) is 6.90. The van der Waals surface area contributed by atoms with E-state index < -0.39 is 4.92 Å². The van der Waals surface area contributed by atoms with Crippen LogP contribution < -0.4 is 4.74 Å². The van der Waals surface area contributed by atoms with Crippen molar-refractivity contribution in [1.82, 2.24) is 4.98 Å². The highest BCUT2D eigenvalue weighted by Gasteiger charge is 2.10. The van der Waals surface area contributed by atoms with Gasteiger partial charge in [-0.3, -0.25) is 10.1 Å². The molecule has 3 aromatic rings. The van der Waals surface area contributed by atoms with Crippen molar-refractivity contribution in [3.05, 3.63) is 69.3 Å². The van der Waals surface area contributed by atoms with Crippen LogP contribution in [0.1, 0.15) is 0 Å². The van der Waals surface area contributed by atoms with E-state index in [9.17, 15) is 10.1 Å². The number of aromatic nitrogens is 1. The Kier molecular flexibility index (Phi) is 3.53. The molecular formula is C15H9BrN2O3. The van der Waals surface area contributed by atoms with Crippen molar-refractivity contribution in [1.29, 1.82) is 0 Å². The average molecular weight is 345 g/mol. The molecule has 5 nitrogen and oxygen atoms in total. The number of nitrogens with zero attached hydrogens (tertiary/aromatic N) is 2. The van der Waals surface area contributed by atoms with E-state index in [0.717, 1.165) is 15.2 Å². The average Bonchev–Trinajstić information content (AvgIpc) is 2.51. The normalized spacial score (nSPS) is 10.5. The zero-order valence-electron chi connectivity index (χ0n) is 10.7. The Morgan fingerprint density at radius 3 is 2.62 bits per heavy atom. The summed E-state index contributed by atoms with van der Waals surface area (Å²) < 4.78 is 6.49. The highest BCUT2D eigenvalue weighted by Crippen LogP contribution is 2.35. The third-order valence-electron chi connectivity index (χ3n) is 2.97. The third kappa shape index (κ3) is 2.71. The summed E-state index contributed by atoms with van der Waals surface area (Å²) in [6, 6.07) is 14.5. The van der Waals surface area contributed by atoms with E-state index in [1.807, 2.05) is 36.4 Å². The number of fused-ring (bicyclic) bond motifs is 1. The van der Waals surface area contributed by atoms with Crippen LogP contribution in [0.3, 0.4) is 0 Å². The smallest absolute Gasteiger partial charge is 0.287 e. The third-order valence-corrected chi connectivity index (χ3v) is 3.79. The molecule has 1 aromatic heterocycles. The summed E-state index contributed by atoms with van der Waals surface area (Å²) in [4.78, 5) is 14.0. The van der Waals surface area contributed by atoms with Gasteiger partial charge >= 0.3 is 0 Å². The lowest BCUT2D eigenvalue weighted by Crippen LogP contribution is -1.92. The molecule has 0 spiro atoms. The molecule has 2 aromatic carbocycles. The number of benzene rings is 2. The van der Waals surface area contributed by atoms with E-state index in [4.69, 9.17) is 4.74 Å². The van der Waals surface area contributed by atoms with Crippen LogP contribution in [0.15, 0.2) is 59.2 Å². The summed E-state index contributed by atoms with van der Waals surface area (Å²) in [7, 11) is 0. The minimum atomic E-state index is -0.497. The molecule has 21 heavy (non-hydrogen) atoms. The highest BCUT2D eigenvalue weighted by molar-refractivity contribution is 9.10. The van der Waals surface area contributed by atoms with Gasteiger partial charge in [-0.25, -0.2) is 4.98 Å². The van der Waals surface area contributed by atoms with Gasteiger partial charge < -0.3 is 4.74 Å². The van der Waals surface area contributed by atoms with Crippen LogP contribution in [0.25, 0.3) is 10.8 Å². The van der Waals surface area contributed by atoms with Gasteiger partial charge in [-0.15, -0.1) is 0 Å². The van der Waals surface area contributed by atoms with Gasteiger partial charge in [0, 0.05) is 12.1 Å². The minimum Gasteiger partial charge on any atom is -0.438 e. The number of rotatable bonds is 3. The molecule has 0 bridgehead atoms. The molecule has 0 N–H and O–H groups in total. The molecule has 0 unspecified atom stereocenters. The fourth-order valence-corrected chi connectivity index (χ4v) is 2.52. The second-order valence-corrected chi connectivity index (χ2v) is 5.11. The Balaban J connectivity index is 1.94. The van der Waals surface area contributed by atoms with Crippen molar-refractivity contribution >= 4 is 32.4 Å². The Morgan fingerprint density at radius 2 is 1.90 bits per heavy atom. The Morgan fingerprint density at radius 1 is 1.10 bits per heavy atom. The summed E-state index contributed by atoms with van der Waals surface area (Å²) in [5, 5.41) is 12.7. The maximum Gasteiger partial charge on any atom is 0.287 e. The quantitative estimate of drug-likeness (QED) is 0.510. The van der Waals surface area contributed by atoms with E-state index in [1.165, 1.54) is 18.3 Å². The monoisotopic (exact) mass is 344 g/mol. The van der Waals surface area contributed by atoms with Crippen LogP contribution in [0.4, 0.5) is 5.69 Å². The molecule has 0 saturated carbocycles. The van der Waals surface area contributed by atoms with E-state index >= 15 is 0 Å². The van der Waals surface area contributed by atoms with Crippen LogP contribution >= 0.6 is 15.9 Å². The topological polar surface area (TPSA) is 65.3 Å². The van der Waals surface area contributed by atoms with Gasteiger partial charge in [-0.2, -0.15) is 0 Å². The van der Waals surface area contributed by atoms with E-state index in [0.29, 0.717) is 11.6 Å². The van der Waals surface area contributed by atoms with Gasteiger partial charge in [-0.05, 0) is 32.8 Å². The molecule has 0 atom stereocenters. The molecule has 1 heterocycles. The van der Waals surface area contributed by atoms with Crippen molar-refractivity contribution in [2.75, 3.05) is 0 Å². The number of hydrogen-bond donors (Lipinski definition) is 0. The van der Waals surface area contributed by atoms with Crippen molar-refractivity contribution in [3.8, 4) is 11.6 Å². The Hall–Kier alpha value is -2.47. The molecule has 104 valence electrons. The Labute approximate surface area is 128 Å². The summed E-state index contributed by atoms with van der Waals surface area (Å²) in [6.45, 7) is 0. The van der Waals surface area contributed by atoms with Crippen LogP contribution in [-0.4, -0.2) is 9.91 Å². The minimum absolute atomic E-state index is 0.0695. The number of nitro groups is 1. The second kappa shape index (κ2) is 5.49. The van der Waals surface area contributed by atoms with Crippen LogP contribution in [-0.2, 0) is 0 Å². The van der Waals surface area contributed by atoms with Crippen LogP contribution in [0, 0.1) is 10.1 Å². The molecule has 0 saturated heterocycles. The largest absolute Gasteiger partial charge is 0.438 e. The van der Waals surface area contributed by atoms with E-state index in [1.54, 1.807) is 0 Å². The lowest BCUT2D eigenvalue weighted by molar-refractivity contribution is -0.385. The first-order chi connectivity index (χ1) is 10.1. The van der Waals surface area contributed by atoms with E-state index in [2.05, 4.69) is 20.9 Å². The fraction of sp³-hybridized carbons (Fsp3) is 0. The molecule has 0 fully saturated rings. The summed E-state index contributed by atoms with van der Waals surface area (Å²) in [5.74, 6) is 0.909. The van der Waals surface area contributed by atoms with Gasteiger partial charge in [0.15, 0.2) is 0 Å². The molecular weight excluding hydrogens is 336 g/mol. The van der Waals surface area contributed by atoms with E-state index in [-0.39, 0.29) is 5.69 Å². The number of hydrogen-bond acceptors (Lipinski definition) is 4. The summed E-state index contributed by atoms with van der Waals surface area (Å²) in [5.41, 5.74) is -0.0695. The Bertz CT molecular complexity index is 819. The first-order valence-electron chi connectivity index (χ1n) is 6.11. The molecule has 0 amide bonds. The zero-order valence-corrected chi connectivity index (χ0v) is 12.3. The molecule has 0 aliphatic heterocycles. The van der Waals surface area contributed by atoms with Crippen molar-refractivity contribution in [3.63, 3.8) is 0 Å². The zero-order chi connectivity index (χ0) is 14.8. The SMILES string of the molecule is O=[N+]([O-])c1ccc(Oc2ccc3ccccc3c2Br)nc1. The van der Waals surface area contributed by atoms with Gasteiger partial charge in [0.25, 0.3) is 5.69 Å². The number of ether oxygens (including phenoxy) is 1. The second-order valence-electron chi connectivity index (χ2n) is 4.31. The van der Waals surface area contributed by atoms with Crippen molar-refractivity contribution in [2.24, 2.45) is 0 Å². The fourth-order valence-electron chi connectivity index (χ4n) is 1.95. The maximum atomic E-state index is 10.6. The summed E-state index contributed by atoms with van der Waals surface area (Å²) in [6.07, 6.45) is 1.17. The standard InChI is InChI=1S/C15H9BrN2O3/c16-15-12-4-2-1-3-10(12)5-7-13(15)21-14-8-6-11(9-17-14)18(19)20/h1-9H. The lowest BCUT2D eigenvalue weighted by atomic mass is 10.1. The predicted octanol–water partition coefficient (Wildman–Crippen LogP) is 4.70. The summed E-state index contributed by atoms with van der Waals surface area (Å²) >= 11 is 3.52. The molecule has 6 heteroatoms. The predicted molar refractivity (Wildman–Crippen MR) is 82.6 cm³/mol. The van der Waals surface area contributed by atoms with Crippen molar-refractivity contribution < 1.29 is 9.66 Å². The molecule has 0 radical (unpaired) electrons. The molecule has 0 aliphatic rings. The first kappa shape index (κ1) is 13.5. The number of halogens is 1. The molecule has 0 aliphatic carbocycles. The van der Waals surface area contributed by atoms with Crippen molar-refractivity contribution in [2.45, 2.75) is 0 Å². The molecule has 3 rings (SSSR count). The van der Waals surface area contributed by atoms with Gasteiger partial charge in [0.2, 0.25) is 5.88 Å². The number of pyridine rings is 1. The van der Waals surface area contributed by atoms with Crippen LogP contribution in [0.2, 0.25) is 0 Å². The van der Waals surface area contributed by atoms with Gasteiger partial charge in [0.1, 0.15) is 11.9 Å².